The third-order valence-corrected chi connectivity index (χ3v) is 13.2. The largest absolute Gasteiger partial charge is 0.490 e. The van der Waals surface area contributed by atoms with Gasteiger partial charge < -0.3 is 33.5 Å². The Kier molecular flexibility index (Phi) is 13.2. The Labute approximate surface area is 350 Å². The van der Waals surface area contributed by atoms with E-state index in [1.54, 1.807) is 43.5 Å². The standard InChI is InChI=1S/C44H52FN7O7S/c1-31-7-14-38(15-8-31)60(53,54)52-28-41(56-23-18-43-46-48-49-47-43)44(33-10-12-36(13-11-33)59-37-17-20-51(27-37)35-6-3-5-34(45)26-35)42(29-52)58-30-32-9-16-40-39(25-32)50(21-24-57-40)19-4-22-55-2/h3,5-16,25-26,37,41-42,44H,4,17-24,27-30H2,1-2H3,(H,46,47,48,49). The van der Waals surface area contributed by atoms with Crippen molar-refractivity contribution in [3.63, 3.8) is 0 Å². The van der Waals surface area contributed by atoms with E-state index >= 15 is 0 Å². The van der Waals surface area contributed by atoms with Crippen LogP contribution in [0.2, 0.25) is 0 Å². The first-order valence-electron chi connectivity index (χ1n) is 20.5. The van der Waals surface area contributed by atoms with Crippen molar-refractivity contribution in [3.05, 3.63) is 119 Å². The number of aromatic nitrogens is 4. The highest BCUT2D eigenvalue weighted by molar-refractivity contribution is 7.89. The summed E-state index contributed by atoms with van der Waals surface area (Å²) in [4.78, 5) is 4.65. The monoisotopic (exact) mass is 841 g/mol. The van der Waals surface area contributed by atoms with E-state index in [1.807, 2.05) is 49.4 Å². The number of anilines is 2. The van der Waals surface area contributed by atoms with E-state index in [0.717, 1.165) is 66.3 Å². The minimum atomic E-state index is -3.92. The third-order valence-electron chi connectivity index (χ3n) is 11.4. The number of hydrogen-bond acceptors (Lipinski definition) is 12. The molecule has 0 spiro atoms. The second-order valence-corrected chi connectivity index (χ2v) is 17.4. The summed E-state index contributed by atoms with van der Waals surface area (Å²) in [5, 5.41) is 14.3. The highest BCUT2D eigenvalue weighted by Gasteiger charge is 2.44. The molecule has 3 aliphatic rings. The Morgan fingerprint density at radius 1 is 0.917 bits per heavy atom. The molecule has 0 radical (unpaired) electrons. The van der Waals surface area contributed by atoms with Crippen molar-refractivity contribution in [2.45, 2.75) is 61.9 Å². The number of nitrogens with zero attached hydrogens (tertiary/aromatic N) is 6. The van der Waals surface area contributed by atoms with Crippen LogP contribution in [0.15, 0.2) is 95.9 Å². The van der Waals surface area contributed by atoms with Crippen LogP contribution in [0.4, 0.5) is 15.8 Å². The Bertz CT molecular complexity index is 2270. The van der Waals surface area contributed by atoms with Gasteiger partial charge >= 0.3 is 0 Å². The van der Waals surface area contributed by atoms with Gasteiger partial charge in [0.15, 0.2) is 5.82 Å². The molecule has 4 atom stereocenters. The molecule has 318 valence electrons. The van der Waals surface area contributed by atoms with Crippen LogP contribution in [0.25, 0.3) is 0 Å². The van der Waals surface area contributed by atoms with Crippen LogP contribution in [-0.4, -0.2) is 118 Å². The lowest BCUT2D eigenvalue weighted by atomic mass is 9.85. The Morgan fingerprint density at radius 2 is 1.73 bits per heavy atom. The second-order valence-electron chi connectivity index (χ2n) is 15.5. The zero-order chi connectivity index (χ0) is 41.5. The number of ether oxygens (including phenoxy) is 5. The van der Waals surface area contributed by atoms with E-state index in [0.29, 0.717) is 37.8 Å². The van der Waals surface area contributed by atoms with E-state index in [4.69, 9.17) is 23.7 Å². The number of fused-ring (bicyclic) bond motifs is 1. The first-order valence-corrected chi connectivity index (χ1v) is 22.0. The SMILES string of the molecule is COCCCN1CCOc2ccc(COC3CN(S(=O)(=O)c4ccc(C)cc4)CC(OCCc4nn[nH]n4)C3c3ccc(OC4CCN(c5cccc(F)c5)C4)cc3)cc21. The maximum atomic E-state index is 14.3. The lowest BCUT2D eigenvalue weighted by Gasteiger charge is -2.43. The van der Waals surface area contributed by atoms with Crippen LogP contribution in [0, 0.1) is 12.7 Å². The van der Waals surface area contributed by atoms with E-state index in [-0.39, 0.29) is 49.0 Å². The van der Waals surface area contributed by atoms with E-state index in [9.17, 15) is 12.8 Å². The molecule has 4 heterocycles. The fourth-order valence-electron chi connectivity index (χ4n) is 8.27. The van der Waals surface area contributed by atoms with Gasteiger partial charge in [0, 0.05) is 64.3 Å². The fourth-order valence-corrected chi connectivity index (χ4v) is 9.73. The predicted octanol–water partition coefficient (Wildman–Crippen LogP) is 5.54. The first kappa shape index (κ1) is 41.6. The van der Waals surface area contributed by atoms with Crippen LogP contribution in [0.1, 0.15) is 41.3 Å². The number of H-pyrrole nitrogens is 1. The molecule has 14 nitrogen and oxygen atoms in total. The first-order chi connectivity index (χ1) is 29.2. The molecule has 16 heteroatoms. The van der Waals surface area contributed by atoms with E-state index in [2.05, 4.69) is 36.5 Å². The molecule has 2 fully saturated rings. The van der Waals surface area contributed by atoms with Crippen molar-refractivity contribution in [2.24, 2.45) is 0 Å². The minimum Gasteiger partial charge on any atom is -0.490 e. The lowest BCUT2D eigenvalue weighted by molar-refractivity contribution is -0.0783. The van der Waals surface area contributed by atoms with Crippen molar-refractivity contribution in [1.29, 1.82) is 0 Å². The summed E-state index contributed by atoms with van der Waals surface area (Å²) in [6, 6.07) is 27.5. The van der Waals surface area contributed by atoms with Gasteiger partial charge in [0.1, 0.15) is 30.0 Å². The van der Waals surface area contributed by atoms with Gasteiger partial charge in [-0.25, -0.2) is 12.8 Å². The lowest BCUT2D eigenvalue weighted by Crippen LogP contribution is -2.54. The molecule has 60 heavy (non-hydrogen) atoms. The Balaban J connectivity index is 1.06. The summed E-state index contributed by atoms with van der Waals surface area (Å²) in [7, 11) is -2.21. The zero-order valence-electron chi connectivity index (χ0n) is 34.0. The average molecular weight is 842 g/mol. The molecule has 4 unspecified atom stereocenters. The summed E-state index contributed by atoms with van der Waals surface area (Å²) in [6.45, 7) is 6.90. The molecule has 8 rings (SSSR count). The molecule has 5 aromatic rings. The molecule has 0 saturated carbocycles. The van der Waals surface area contributed by atoms with Gasteiger partial charge in [-0.15, -0.1) is 10.2 Å². The highest BCUT2D eigenvalue weighted by atomic mass is 32.2. The number of aromatic amines is 1. The predicted molar refractivity (Wildman–Crippen MR) is 224 cm³/mol. The smallest absolute Gasteiger partial charge is 0.243 e. The molecule has 0 bridgehead atoms. The topological polar surface area (TPSA) is 144 Å². The quantitative estimate of drug-likeness (QED) is 0.117. The van der Waals surface area contributed by atoms with Crippen molar-refractivity contribution in [3.8, 4) is 11.5 Å². The highest BCUT2D eigenvalue weighted by Crippen LogP contribution is 2.38. The molecular weight excluding hydrogens is 790 g/mol. The normalized spacial score (nSPS) is 20.9. The summed E-state index contributed by atoms with van der Waals surface area (Å²) in [5.74, 6) is 1.42. The number of tetrazole rings is 1. The molecule has 2 saturated heterocycles. The molecule has 1 aromatic heterocycles. The molecule has 4 aromatic carbocycles. The zero-order valence-corrected chi connectivity index (χ0v) is 34.8. The minimum absolute atomic E-state index is 0.0652. The second kappa shape index (κ2) is 19.1. The van der Waals surface area contributed by atoms with Crippen LogP contribution >= 0.6 is 0 Å². The fraction of sp³-hybridized carbons (Fsp3) is 0.432. The Morgan fingerprint density at radius 3 is 2.50 bits per heavy atom. The number of rotatable bonds is 17. The summed E-state index contributed by atoms with van der Waals surface area (Å²) < 4.78 is 75.3. The van der Waals surface area contributed by atoms with Gasteiger partial charge in [-0.05, 0) is 79.1 Å². The molecular formula is C44H52FN7O7S. The number of nitrogens with one attached hydrogen (secondary N) is 1. The maximum Gasteiger partial charge on any atom is 0.243 e. The Hall–Kier alpha value is -5.13. The molecule has 3 aliphatic heterocycles. The van der Waals surface area contributed by atoms with Crippen LogP contribution < -0.4 is 19.3 Å². The summed E-state index contributed by atoms with van der Waals surface area (Å²) in [5.41, 5.74) is 4.68. The van der Waals surface area contributed by atoms with Crippen LogP contribution in [0.3, 0.4) is 0 Å². The van der Waals surface area contributed by atoms with Gasteiger partial charge in [-0.3, -0.25) is 0 Å². The number of piperidine rings is 1. The van der Waals surface area contributed by atoms with E-state index in [1.165, 1.54) is 10.4 Å². The molecule has 0 aliphatic carbocycles. The van der Waals surface area contributed by atoms with Crippen molar-refractivity contribution in [1.82, 2.24) is 24.9 Å². The average Bonchev–Trinajstić information content (AvgIpc) is 3.96. The van der Waals surface area contributed by atoms with Crippen molar-refractivity contribution < 1.29 is 36.5 Å². The number of aryl methyl sites for hydroxylation is 1. The molecule has 1 N–H and O–H groups in total. The number of methoxy groups -OCH3 is 1. The van der Waals surface area contributed by atoms with Gasteiger partial charge in [-0.2, -0.15) is 9.52 Å². The van der Waals surface area contributed by atoms with Crippen molar-refractivity contribution in [2.75, 3.05) is 76.0 Å². The summed E-state index contributed by atoms with van der Waals surface area (Å²) >= 11 is 0. The van der Waals surface area contributed by atoms with Crippen molar-refractivity contribution >= 4 is 21.4 Å². The van der Waals surface area contributed by atoms with E-state index < -0.39 is 22.2 Å². The number of sulfonamides is 1. The van der Waals surface area contributed by atoms with Crippen LogP contribution in [-0.2, 0) is 37.3 Å². The number of halogens is 1. The van der Waals surface area contributed by atoms with Crippen LogP contribution in [0.5, 0.6) is 11.5 Å². The number of benzene rings is 4. The van der Waals surface area contributed by atoms with Gasteiger partial charge in [0.05, 0.1) is 49.1 Å². The number of hydrogen-bond donors (Lipinski definition) is 1. The van der Waals surface area contributed by atoms with Gasteiger partial charge in [0.25, 0.3) is 0 Å². The van der Waals surface area contributed by atoms with Gasteiger partial charge in [-0.1, -0.05) is 47.2 Å². The molecule has 0 amide bonds. The summed E-state index contributed by atoms with van der Waals surface area (Å²) in [6.07, 6.45) is 0.820. The third kappa shape index (κ3) is 9.90. The maximum absolute atomic E-state index is 14.3. The van der Waals surface area contributed by atoms with Gasteiger partial charge in [0.2, 0.25) is 10.0 Å².